The van der Waals surface area contributed by atoms with Crippen molar-refractivity contribution in [3.8, 4) is 11.5 Å². The van der Waals surface area contributed by atoms with Gasteiger partial charge in [0.15, 0.2) is 6.61 Å². The number of unbranched alkanes of at least 4 members (excludes halogenated alkanes) is 2. The first kappa shape index (κ1) is 34.0. The Bertz CT molecular complexity index is 1460. The van der Waals surface area contributed by atoms with Crippen LogP contribution in [0.5, 0.6) is 11.5 Å². The molecule has 2 amide bonds. The molecule has 1 aliphatic rings. The van der Waals surface area contributed by atoms with Crippen LogP contribution in [0, 0.1) is 0 Å². The SMILES string of the molecule is CCCCCNC(=O)[C@@H](Cc1ccccc1)N(Cc1ccc(OC)cc1)C(=O)COc1ccc(S(=O)(=O)N2CCOCC2)cc1. The fourth-order valence-electron chi connectivity index (χ4n) is 5.06. The fourth-order valence-corrected chi connectivity index (χ4v) is 6.47. The topological polar surface area (TPSA) is 114 Å². The number of methoxy groups -OCH3 is 1. The zero-order valence-corrected chi connectivity index (χ0v) is 26.8. The van der Waals surface area contributed by atoms with Gasteiger partial charge in [-0.2, -0.15) is 4.31 Å². The smallest absolute Gasteiger partial charge is 0.261 e. The van der Waals surface area contributed by atoms with Crippen LogP contribution in [0.15, 0.2) is 83.8 Å². The number of sulfonamides is 1. The quantitative estimate of drug-likeness (QED) is 0.236. The molecule has 0 aromatic heterocycles. The first-order valence-electron chi connectivity index (χ1n) is 15.4. The average molecular weight is 638 g/mol. The predicted molar refractivity (Wildman–Crippen MR) is 172 cm³/mol. The highest BCUT2D eigenvalue weighted by atomic mass is 32.2. The number of amides is 2. The molecule has 0 bridgehead atoms. The summed E-state index contributed by atoms with van der Waals surface area (Å²) >= 11 is 0. The number of hydrogen-bond acceptors (Lipinski definition) is 7. The predicted octanol–water partition coefficient (Wildman–Crippen LogP) is 4.04. The first-order valence-corrected chi connectivity index (χ1v) is 16.8. The molecule has 10 nitrogen and oxygen atoms in total. The monoisotopic (exact) mass is 637 g/mol. The summed E-state index contributed by atoms with van der Waals surface area (Å²) in [4.78, 5) is 29.2. The van der Waals surface area contributed by atoms with Crippen molar-refractivity contribution < 1.29 is 32.2 Å². The molecule has 0 aliphatic carbocycles. The molecule has 45 heavy (non-hydrogen) atoms. The Morgan fingerprint density at radius 3 is 2.22 bits per heavy atom. The lowest BCUT2D eigenvalue weighted by Crippen LogP contribution is -2.51. The third-order valence-corrected chi connectivity index (χ3v) is 9.57. The van der Waals surface area contributed by atoms with E-state index in [4.69, 9.17) is 14.2 Å². The molecule has 242 valence electrons. The molecule has 0 radical (unpaired) electrons. The highest BCUT2D eigenvalue weighted by molar-refractivity contribution is 7.89. The maximum Gasteiger partial charge on any atom is 0.261 e. The molecule has 3 aromatic carbocycles. The van der Waals surface area contributed by atoms with Crippen molar-refractivity contribution in [2.45, 2.75) is 50.1 Å². The van der Waals surface area contributed by atoms with E-state index in [-0.39, 0.29) is 29.9 Å². The van der Waals surface area contributed by atoms with Crippen LogP contribution in [-0.4, -0.2) is 82.0 Å². The van der Waals surface area contributed by atoms with E-state index >= 15 is 0 Å². The van der Waals surface area contributed by atoms with Crippen LogP contribution in [-0.2, 0) is 37.3 Å². The number of morpholine rings is 1. The van der Waals surface area contributed by atoms with E-state index in [1.807, 2.05) is 54.6 Å². The van der Waals surface area contributed by atoms with E-state index in [2.05, 4.69) is 12.2 Å². The molecular weight excluding hydrogens is 594 g/mol. The van der Waals surface area contributed by atoms with E-state index in [0.29, 0.717) is 50.8 Å². The molecule has 0 spiro atoms. The summed E-state index contributed by atoms with van der Waals surface area (Å²) in [6.45, 7) is 3.80. The zero-order valence-electron chi connectivity index (χ0n) is 26.0. The van der Waals surface area contributed by atoms with Crippen molar-refractivity contribution in [2.75, 3.05) is 46.6 Å². The van der Waals surface area contributed by atoms with Gasteiger partial charge in [0, 0.05) is 32.6 Å². The third-order valence-electron chi connectivity index (χ3n) is 7.66. The molecule has 1 N–H and O–H groups in total. The van der Waals surface area contributed by atoms with Gasteiger partial charge in [0.1, 0.15) is 17.5 Å². The number of ether oxygens (including phenoxy) is 3. The lowest BCUT2D eigenvalue weighted by atomic mass is 10.0. The molecule has 11 heteroatoms. The number of carbonyl (C=O) groups is 2. The van der Waals surface area contributed by atoms with E-state index < -0.39 is 16.1 Å². The molecular formula is C34H43N3O7S. The van der Waals surface area contributed by atoms with E-state index in [9.17, 15) is 18.0 Å². The van der Waals surface area contributed by atoms with Crippen LogP contribution in [0.2, 0.25) is 0 Å². The second-order valence-corrected chi connectivity index (χ2v) is 12.8. The molecule has 1 heterocycles. The van der Waals surface area contributed by atoms with Gasteiger partial charge in [0.2, 0.25) is 15.9 Å². The minimum atomic E-state index is -3.66. The van der Waals surface area contributed by atoms with Crippen molar-refractivity contribution in [1.82, 2.24) is 14.5 Å². The van der Waals surface area contributed by atoms with Crippen LogP contribution < -0.4 is 14.8 Å². The molecule has 1 aliphatic heterocycles. The summed E-state index contributed by atoms with van der Waals surface area (Å²) in [6, 6.07) is 22.2. The Balaban J connectivity index is 1.53. The number of nitrogens with one attached hydrogen (secondary N) is 1. The molecule has 4 rings (SSSR count). The van der Waals surface area contributed by atoms with E-state index in [1.165, 1.54) is 28.6 Å². The second-order valence-electron chi connectivity index (χ2n) is 10.8. The second kappa shape index (κ2) is 17.0. The van der Waals surface area contributed by atoms with Crippen molar-refractivity contribution >= 4 is 21.8 Å². The summed E-state index contributed by atoms with van der Waals surface area (Å²) in [5, 5.41) is 3.04. The Morgan fingerprint density at radius 2 is 1.58 bits per heavy atom. The van der Waals surface area contributed by atoms with Gasteiger partial charge in [-0.1, -0.05) is 62.2 Å². The molecule has 0 saturated carbocycles. The lowest BCUT2D eigenvalue weighted by molar-refractivity contribution is -0.142. The molecule has 0 unspecified atom stereocenters. The van der Waals surface area contributed by atoms with Crippen LogP contribution >= 0.6 is 0 Å². The Labute approximate surface area is 266 Å². The Hall–Kier alpha value is -3.93. The first-order chi connectivity index (χ1) is 21.8. The number of rotatable bonds is 16. The van der Waals surface area contributed by atoms with Gasteiger partial charge < -0.3 is 24.4 Å². The van der Waals surface area contributed by atoms with Gasteiger partial charge in [-0.25, -0.2) is 8.42 Å². The maximum absolute atomic E-state index is 13.9. The Kier molecular flexibility index (Phi) is 12.8. The lowest BCUT2D eigenvalue weighted by Gasteiger charge is -2.31. The summed E-state index contributed by atoms with van der Waals surface area (Å²) in [7, 11) is -2.07. The van der Waals surface area contributed by atoms with Gasteiger partial charge in [0.25, 0.3) is 5.91 Å². The molecule has 1 fully saturated rings. The normalized spacial score (nSPS) is 14.4. The number of benzene rings is 3. The standard InChI is InChI=1S/C34H43N3O7S/c1-3-4-8-19-35-34(39)32(24-27-9-6-5-7-10-27)37(25-28-11-13-29(42-2)14-12-28)33(38)26-44-30-15-17-31(18-16-30)45(40,41)36-20-22-43-23-21-36/h5-7,9-18,32H,3-4,8,19-26H2,1-2H3,(H,35,39)/t32-/m1/s1. The van der Waals surface area contributed by atoms with Crippen molar-refractivity contribution in [2.24, 2.45) is 0 Å². The van der Waals surface area contributed by atoms with Gasteiger partial charge in [-0.3, -0.25) is 9.59 Å². The molecule has 3 aromatic rings. The fraction of sp³-hybridized carbons (Fsp3) is 0.412. The minimum absolute atomic E-state index is 0.145. The largest absolute Gasteiger partial charge is 0.497 e. The summed E-state index contributed by atoms with van der Waals surface area (Å²) in [5.41, 5.74) is 1.76. The Morgan fingerprint density at radius 1 is 0.911 bits per heavy atom. The zero-order chi connectivity index (χ0) is 32.1. The van der Waals surface area contributed by atoms with E-state index in [0.717, 1.165) is 30.4 Å². The number of hydrogen-bond donors (Lipinski definition) is 1. The van der Waals surface area contributed by atoms with E-state index in [1.54, 1.807) is 12.0 Å². The van der Waals surface area contributed by atoms with Gasteiger partial charge in [0.05, 0.1) is 25.2 Å². The van der Waals surface area contributed by atoms with Gasteiger partial charge in [-0.15, -0.1) is 0 Å². The van der Waals surface area contributed by atoms with Crippen LogP contribution in [0.1, 0.15) is 37.3 Å². The van der Waals surface area contributed by atoms with Crippen LogP contribution in [0.25, 0.3) is 0 Å². The van der Waals surface area contributed by atoms with Gasteiger partial charge in [-0.05, 0) is 53.9 Å². The summed E-state index contributed by atoms with van der Waals surface area (Å²) in [5.74, 6) is 0.431. The van der Waals surface area contributed by atoms with Crippen molar-refractivity contribution in [1.29, 1.82) is 0 Å². The van der Waals surface area contributed by atoms with Gasteiger partial charge >= 0.3 is 0 Å². The van der Waals surface area contributed by atoms with Crippen LogP contribution in [0.4, 0.5) is 0 Å². The highest BCUT2D eigenvalue weighted by Gasteiger charge is 2.31. The molecule has 1 atom stereocenters. The highest BCUT2D eigenvalue weighted by Crippen LogP contribution is 2.22. The number of nitrogens with zero attached hydrogens (tertiary/aromatic N) is 2. The van der Waals surface area contributed by atoms with Crippen molar-refractivity contribution in [3.05, 3.63) is 90.0 Å². The number of carbonyl (C=O) groups excluding carboxylic acids is 2. The summed E-state index contributed by atoms with van der Waals surface area (Å²) in [6.07, 6.45) is 3.21. The molecule has 1 saturated heterocycles. The summed E-state index contributed by atoms with van der Waals surface area (Å²) < 4.78 is 43.8. The van der Waals surface area contributed by atoms with Crippen molar-refractivity contribution in [3.63, 3.8) is 0 Å². The van der Waals surface area contributed by atoms with Crippen LogP contribution in [0.3, 0.4) is 0 Å². The maximum atomic E-state index is 13.9. The average Bonchev–Trinajstić information content (AvgIpc) is 3.08. The third kappa shape index (κ3) is 9.78. The minimum Gasteiger partial charge on any atom is -0.497 e.